The van der Waals surface area contributed by atoms with E-state index in [4.69, 9.17) is 17.3 Å². The summed E-state index contributed by atoms with van der Waals surface area (Å²) in [5, 5.41) is 5.07. The Kier molecular flexibility index (Phi) is 4.39. The van der Waals surface area contributed by atoms with Crippen LogP contribution in [0.25, 0.3) is 0 Å². The third-order valence-electron chi connectivity index (χ3n) is 3.24. The van der Waals surface area contributed by atoms with E-state index in [1.807, 2.05) is 14.0 Å². The van der Waals surface area contributed by atoms with Crippen LogP contribution in [0.15, 0.2) is 0 Å². The quantitative estimate of drug-likeness (QED) is 0.883. The lowest BCUT2D eigenvalue weighted by Crippen LogP contribution is -2.32. The van der Waals surface area contributed by atoms with Crippen molar-refractivity contribution >= 4 is 11.6 Å². The van der Waals surface area contributed by atoms with Gasteiger partial charge in [-0.05, 0) is 32.1 Å². The van der Waals surface area contributed by atoms with Crippen LogP contribution >= 0.6 is 11.6 Å². The van der Waals surface area contributed by atoms with Crippen molar-refractivity contribution in [1.29, 1.82) is 0 Å². The van der Waals surface area contributed by atoms with Crippen LogP contribution in [0.5, 0.6) is 0 Å². The topological polar surface area (TPSA) is 43.8 Å². The highest BCUT2D eigenvalue weighted by Gasteiger charge is 2.22. The van der Waals surface area contributed by atoms with E-state index < -0.39 is 0 Å². The van der Waals surface area contributed by atoms with E-state index in [0.717, 1.165) is 22.8 Å². The Bertz CT molecular complexity index is 347. The molecular formula is C12H22ClN3. The normalized spacial score (nSPS) is 15.5. The van der Waals surface area contributed by atoms with Crippen LogP contribution in [-0.4, -0.2) is 15.8 Å². The van der Waals surface area contributed by atoms with E-state index in [1.54, 1.807) is 4.68 Å². The number of hydrogen-bond acceptors (Lipinski definition) is 2. The molecule has 0 aliphatic carbocycles. The molecule has 0 saturated carbocycles. The molecule has 0 saturated heterocycles. The average Bonchev–Trinajstić information content (AvgIpc) is 2.38. The molecule has 0 aliphatic heterocycles. The van der Waals surface area contributed by atoms with Crippen molar-refractivity contribution in [2.75, 3.05) is 0 Å². The van der Waals surface area contributed by atoms with Gasteiger partial charge in [-0.3, -0.25) is 4.68 Å². The Morgan fingerprint density at radius 2 is 1.94 bits per heavy atom. The number of nitrogens with two attached hydrogens (primary N) is 1. The van der Waals surface area contributed by atoms with E-state index in [0.29, 0.717) is 11.8 Å². The Hall–Kier alpha value is -0.540. The molecule has 3 nitrogen and oxygen atoms in total. The van der Waals surface area contributed by atoms with E-state index in [2.05, 4.69) is 25.9 Å². The molecule has 0 aromatic carbocycles. The lowest BCUT2D eigenvalue weighted by molar-refractivity contribution is 0.329. The summed E-state index contributed by atoms with van der Waals surface area (Å²) >= 11 is 6.23. The predicted molar refractivity (Wildman–Crippen MR) is 68.6 cm³/mol. The van der Waals surface area contributed by atoms with Crippen LogP contribution in [0.4, 0.5) is 0 Å². The fourth-order valence-corrected chi connectivity index (χ4v) is 2.42. The zero-order valence-electron chi connectivity index (χ0n) is 10.8. The summed E-state index contributed by atoms with van der Waals surface area (Å²) < 4.78 is 1.73. The van der Waals surface area contributed by atoms with Gasteiger partial charge in [-0.15, -0.1) is 0 Å². The minimum Gasteiger partial charge on any atom is -0.328 e. The molecule has 2 N–H and O–H groups in total. The maximum Gasteiger partial charge on any atom is 0.130 e. The van der Waals surface area contributed by atoms with Gasteiger partial charge in [0.05, 0.1) is 5.69 Å². The molecule has 1 heterocycles. The second-order valence-corrected chi connectivity index (χ2v) is 5.31. The second kappa shape index (κ2) is 5.19. The largest absolute Gasteiger partial charge is 0.328 e. The van der Waals surface area contributed by atoms with Gasteiger partial charge in [-0.1, -0.05) is 25.4 Å². The highest BCUT2D eigenvalue weighted by molar-refractivity contribution is 6.30. The van der Waals surface area contributed by atoms with Crippen LogP contribution in [-0.2, 0) is 13.5 Å². The van der Waals surface area contributed by atoms with E-state index in [1.165, 1.54) is 0 Å². The Morgan fingerprint density at radius 1 is 1.38 bits per heavy atom. The van der Waals surface area contributed by atoms with E-state index in [-0.39, 0.29) is 6.04 Å². The molecule has 0 fully saturated rings. The van der Waals surface area contributed by atoms with Crippen molar-refractivity contribution in [3.63, 3.8) is 0 Å². The summed E-state index contributed by atoms with van der Waals surface area (Å²) in [6, 6.07) is 0.177. The number of aromatic nitrogens is 2. The van der Waals surface area contributed by atoms with Crippen LogP contribution in [0, 0.1) is 18.8 Å². The van der Waals surface area contributed by atoms with Gasteiger partial charge in [-0.2, -0.15) is 5.10 Å². The Labute approximate surface area is 103 Å². The summed E-state index contributed by atoms with van der Waals surface area (Å²) in [7, 11) is 1.87. The maximum absolute atomic E-state index is 6.23. The van der Waals surface area contributed by atoms with Crippen molar-refractivity contribution in [2.24, 2.45) is 24.6 Å². The van der Waals surface area contributed by atoms with Crippen molar-refractivity contribution in [3.05, 3.63) is 16.4 Å². The Morgan fingerprint density at radius 3 is 2.25 bits per heavy atom. The highest BCUT2D eigenvalue weighted by Crippen LogP contribution is 2.26. The zero-order valence-corrected chi connectivity index (χ0v) is 11.5. The fraction of sp³-hybridized carbons (Fsp3) is 0.750. The van der Waals surface area contributed by atoms with Gasteiger partial charge in [0, 0.05) is 18.7 Å². The third-order valence-corrected chi connectivity index (χ3v) is 3.71. The maximum atomic E-state index is 6.23. The molecule has 2 unspecified atom stereocenters. The van der Waals surface area contributed by atoms with E-state index >= 15 is 0 Å². The molecule has 4 heteroatoms. The first-order valence-electron chi connectivity index (χ1n) is 5.78. The summed E-state index contributed by atoms with van der Waals surface area (Å²) in [5.74, 6) is 0.996. The first-order chi connectivity index (χ1) is 7.34. The molecule has 0 radical (unpaired) electrons. The molecule has 0 bridgehead atoms. The van der Waals surface area contributed by atoms with Crippen LogP contribution in [0.1, 0.15) is 32.0 Å². The standard InChI is InChI=1S/C12H22ClN3/c1-7(2)10(8(3)14)6-11-9(4)15-16(5)12(11)13/h7-8,10H,6,14H2,1-5H3. The van der Waals surface area contributed by atoms with Gasteiger partial charge in [0.15, 0.2) is 0 Å². The van der Waals surface area contributed by atoms with Crippen molar-refractivity contribution in [3.8, 4) is 0 Å². The monoisotopic (exact) mass is 243 g/mol. The van der Waals surface area contributed by atoms with Gasteiger partial charge >= 0.3 is 0 Å². The first-order valence-corrected chi connectivity index (χ1v) is 6.16. The zero-order chi connectivity index (χ0) is 12.5. The number of halogens is 1. The highest BCUT2D eigenvalue weighted by atomic mass is 35.5. The van der Waals surface area contributed by atoms with Crippen LogP contribution in [0.2, 0.25) is 5.15 Å². The minimum atomic E-state index is 0.177. The number of nitrogens with zero attached hydrogens (tertiary/aromatic N) is 2. The summed E-state index contributed by atoms with van der Waals surface area (Å²) in [6.07, 6.45) is 0.911. The fourth-order valence-electron chi connectivity index (χ4n) is 2.17. The molecule has 1 aromatic heterocycles. The van der Waals surface area contributed by atoms with Crippen molar-refractivity contribution < 1.29 is 0 Å². The molecule has 0 amide bonds. The van der Waals surface area contributed by atoms with Crippen LogP contribution in [0.3, 0.4) is 0 Å². The SMILES string of the molecule is Cc1nn(C)c(Cl)c1CC(C(C)C)C(C)N. The average molecular weight is 244 g/mol. The van der Waals surface area contributed by atoms with Gasteiger partial charge in [0.1, 0.15) is 5.15 Å². The third kappa shape index (κ3) is 2.77. The van der Waals surface area contributed by atoms with Crippen LogP contribution < -0.4 is 5.73 Å². The molecule has 0 aliphatic rings. The smallest absolute Gasteiger partial charge is 0.130 e. The first kappa shape index (κ1) is 13.5. The predicted octanol–water partition coefficient (Wildman–Crippen LogP) is 2.54. The molecular weight excluding hydrogens is 222 g/mol. The van der Waals surface area contributed by atoms with Gasteiger partial charge in [0.25, 0.3) is 0 Å². The lowest BCUT2D eigenvalue weighted by Gasteiger charge is -2.24. The lowest BCUT2D eigenvalue weighted by atomic mass is 9.84. The number of aryl methyl sites for hydroxylation is 2. The van der Waals surface area contributed by atoms with Gasteiger partial charge in [-0.25, -0.2) is 0 Å². The summed E-state index contributed by atoms with van der Waals surface area (Å²) in [6.45, 7) is 8.46. The molecule has 1 rings (SSSR count). The minimum absolute atomic E-state index is 0.177. The molecule has 1 aromatic rings. The number of rotatable bonds is 4. The van der Waals surface area contributed by atoms with Crippen molar-refractivity contribution in [2.45, 2.75) is 40.2 Å². The van der Waals surface area contributed by atoms with E-state index in [9.17, 15) is 0 Å². The second-order valence-electron chi connectivity index (χ2n) is 4.95. The van der Waals surface area contributed by atoms with Gasteiger partial charge in [0.2, 0.25) is 0 Å². The Balaban J connectivity index is 2.93. The van der Waals surface area contributed by atoms with Crippen molar-refractivity contribution in [1.82, 2.24) is 9.78 Å². The summed E-state index contributed by atoms with van der Waals surface area (Å²) in [5.41, 5.74) is 8.17. The molecule has 2 atom stereocenters. The molecule has 92 valence electrons. The molecule has 0 spiro atoms. The molecule has 16 heavy (non-hydrogen) atoms. The number of hydrogen-bond donors (Lipinski definition) is 1. The van der Waals surface area contributed by atoms with Gasteiger partial charge < -0.3 is 5.73 Å². The summed E-state index contributed by atoms with van der Waals surface area (Å²) in [4.78, 5) is 0.